The van der Waals surface area contributed by atoms with Crippen molar-refractivity contribution in [3.63, 3.8) is 0 Å². The highest BCUT2D eigenvalue weighted by Gasteiger charge is 2.27. The number of ether oxygens (including phenoxy) is 2. The predicted molar refractivity (Wildman–Crippen MR) is 112 cm³/mol. The fraction of sp³-hybridized carbons (Fsp3) is 0.667. The number of methoxy groups -OCH3 is 1. The molecule has 0 spiro atoms. The lowest BCUT2D eigenvalue weighted by atomic mass is 10.2. The summed E-state index contributed by atoms with van der Waals surface area (Å²) in [7, 11) is 1.69. The Morgan fingerprint density at radius 2 is 2.04 bits per heavy atom. The third-order valence-electron chi connectivity index (χ3n) is 5.07. The first kappa shape index (κ1) is 21.5. The number of benzene rings is 1. The van der Waals surface area contributed by atoms with Crippen molar-refractivity contribution < 1.29 is 9.47 Å². The highest BCUT2D eigenvalue weighted by Crippen LogP contribution is 2.18. The molecule has 6 nitrogen and oxygen atoms in total. The van der Waals surface area contributed by atoms with Crippen LogP contribution in [0.2, 0.25) is 0 Å². The molecule has 0 amide bonds. The van der Waals surface area contributed by atoms with E-state index >= 15 is 0 Å². The van der Waals surface area contributed by atoms with Crippen LogP contribution in [0.1, 0.15) is 32.8 Å². The van der Waals surface area contributed by atoms with Crippen molar-refractivity contribution in [1.29, 1.82) is 0 Å². The molecule has 27 heavy (non-hydrogen) atoms. The van der Waals surface area contributed by atoms with Crippen LogP contribution in [0.3, 0.4) is 0 Å². The molecular formula is C21H36N4O2. The molecule has 2 rings (SSSR count). The van der Waals surface area contributed by atoms with E-state index in [1.165, 1.54) is 6.42 Å². The van der Waals surface area contributed by atoms with Gasteiger partial charge in [-0.25, -0.2) is 0 Å². The van der Waals surface area contributed by atoms with E-state index in [0.717, 1.165) is 50.0 Å². The minimum Gasteiger partial charge on any atom is -0.496 e. The molecule has 1 aliphatic heterocycles. The monoisotopic (exact) mass is 376 g/mol. The average Bonchev–Trinajstić information content (AvgIpc) is 3.18. The van der Waals surface area contributed by atoms with Gasteiger partial charge in [-0.15, -0.1) is 0 Å². The van der Waals surface area contributed by atoms with E-state index in [2.05, 4.69) is 35.9 Å². The van der Waals surface area contributed by atoms with Crippen molar-refractivity contribution in [2.24, 2.45) is 4.99 Å². The smallest absolute Gasteiger partial charge is 0.194 e. The maximum Gasteiger partial charge on any atom is 0.194 e. The lowest BCUT2D eigenvalue weighted by Crippen LogP contribution is -2.43. The first-order chi connectivity index (χ1) is 13.2. The van der Waals surface area contributed by atoms with E-state index in [0.29, 0.717) is 25.8 Å². The van der Waals surface area contributed by atoms with E-state index in [9.17, 15) is 0 Å². The Bertz CT molecular complexity index is 575. The molecule has 1 N–H and O–H groups in total. The third kappa shape index (κ3) is 6.40. The SMILES string of the molecule is CCNC(=NCCOCc1ccccc1OC)N1CCC(N(CC)CC)C1. The molecule has 1 unspecified atom stereocenters. The van der Waals surface area contributed by atoms with Gasteiger partial charge in [-0.2, -0.15) is 0 Å². The van der Waals surface area contributed by atoms with Crippen molar-refractivity contribution in [3.05, 3.63) is 29.8 Å². The molecule has 1 aliphatic rings. The van der Waals surface area contributed by atoms with Crippen LogP contribution >= 0.6 is 0 Å². The van der Waals surface area contributed by atoms with E-state index in [1.54, 1.807) is 7.11 Å². The third-order valence-corrected chi connectivity index (χ3v) is 5.07. The summed E-state index contributed by atoms with van der Waals surface area (Å²) in [6.07, 6.45) is 1.20. The Kier molecular flexibility index (Phi) is 9.42. The second-order valence-corrected chi connectivity index (χ2v) is 6.71. The van der Waals surface area contributed by atoms with E-state index in [-0.39, 0.29) is 0 Å². The van der Waals surface area contributed by atoms with Gasteiger partial charge in [0, 0.05) is 31.2 Å². The van der Waals surface area contributed by atoms with Crippen molar-refractivity contribution >= 4 is 5.96 Å². The Morgan fingerprint density at radius 1 is 1.26 bits per heavy atom. The first-order valence-electron chi connectivity index (χ1n) is 10.2. The van der Waals surface area contributed by atoms with Gasteiger partial charge in [-0.05, 0) is 32.5 Å². The number of likely N-dealkylation sites (tertiary alicyclic amines) is 1. The summed E-state index contributed by atoms with van der Waals surface area (Å²) < 4.78 is 11.2. The van der Waals surface area contributed by atoms with Crippen LogP contribution in [0.4, 0.5) is 0 Å². The van der Waals surface area contributed by atoms with E-state index < -0.39 is 0 Å². The number of guanidine groups is 1. The summed E-state index contributed by atoms with van der Waals surface area (Å²) >= 11 is 0. The standard InChI is InChI=1S/C21H36N4O2/c1-5-22-21(25-14-12-19(16-25)24(6-2)7-3)23-13-15-27-17-18-10-8-9-11-20(18)26-4/h8-11,19H,5-7,12-17H2,1-4H3,(H,22,23). The molecule has 1 aromatic rings. The number of hydrogen-bond donors (Lipinski definition) is 1. The van der Waals surface area contributed by atoms with Gasteiger partial charge < -0.3 is 19.7 Å². The van der Waals surface area contributed by atoms with Crippen LogP contribution in [0.5, 0.6) is 5.75 Å². The van der Waals surface area contributed by atoms with Crippen LogP contribution in [0.15, 0.2) is 29.3 Å². The lowest BCUT2D eigenvalue weighted by Gasteiger charge is -2.27. The molecule has 6 heteroatoms. The van der Waals surface area contributed by atoms with Gasteiger partial charge in [0.05, 0.1) is 26.9 Å². The molecular weight excluding hydrogens is 340 g/mol. The Hall–Kier alpha value is -1.79. The first-order valence-corrected chi connectivity index (χ1v) is 10.2. The van der Waals surface area contributed by atoms with Gasteiger partial charge in [0.2, 0.25) is 0 Å². The lowest BCUT2D eigenvalue weighted by molar-refractivity contribution is 0.126. The van der Waals surface area contributed by atoms with Gasteiger partial charge in [0.25, 0.3) is 0 Å². The maximum atomic E-state index is 5.81. The zero-order valence-electron chi connectivity index (χ0n) is 17.4. The number of likely N-dealkylation sites (N-methyl/N-ethyl adjacent to an activating group) is 1. The number of hydrogen-bond acceptors (Lipinski definition) is 4. The Balaban J connectivity index is 1.81. The normalized spacial score (nSPS) is 17.6. The zero-order chi connectivity index (χ0) is 19.5. The molecule has 1 fully saturated rings. The number of aliphatic imine (C=N–C) groups is 1. The molecule has 1 saturated heterocycles. The van der Waals surface area contributed by atoms with Crippen LogP contribution in [-0.4, -0.2) is 74.8 Å². The van der Waals surface area contributed by atoms with E-state index in [4.69, 9.17) is 14.5 Å². The van der Waals surface area contributed by atoms with Crippen molar-refractivity contribution in [2.75, 3.05) is 53.0 Å². The summed E-state index contributed by atoms with van der Waals surface area (Å²) in [5, 5.41) is 3.43. The van der Waals surface area contributed by atoms with Gasteiger partial charge in [0.15, 0.2) is 5.96 Å². The number of rotatable bonds is 10. The minimum absolute atomic E-state index is 0.545. The molecule has 0 radical (unpaired) electrons. The fourth-order valence-electron chi connectivity index (χ4n) is 3.62. The molecule has 1 aromatic carbocycles. The highest BCUT2D eigenvalue weighted by atomic mass is 16.5. The van der Waals surface area contributed by atoms with Gasteiger partial charge in [0.1, 0.15) is 5.75 Å². The quantitative estimate of drug-likeness (QED) is 0.386. The second kappa shape index (κ2) is 11.8. The fourth-order valence-corrected chi connectivity index (χ4v) is 3.62. The van der Waals surface area contributed by atoms with Crippen LogP contribution in [-0.2, 0) is 11.3 Å². The molecule has 0 aliphatic carbocycles. The Labute approximate surface area is 164 Å². The van der Waals surface area contributed by atoms with Gasteiger partial charge >= 0.3 is 0 Å². The molecule has 0 saturated carbocycles. The van der Waals surface area contributed by atoms with Gasteiger partial charge in [-0.3, -0.25) is 9.89 Å². The number of nitrogens with one attached hydrogen (secondary N) is 1. The van der Waals surface area contributed by atoms with E-state index in [1.807, 2.05) is 24.3 Å². The van der Waals surface area contributed by atoms with Crippen molar-refractivity contribution in [3.8, 4) is 5.75 Å². The zero-order valence-corrected chi connectivity index (χ0v) is 17.4. The maximum absolute atomic E-state index is 5.81. The number of para-hydroxylation sites is 1. The molecule has 152 valence electrons. The molecule has 1 atom stereocenters. The van der Waals surface area contributed by atoms with Crippen LogP contribution in [0, 0.1) is 0 Å². The summed E-state index contributed by atoms with van der Waals surface area (Å²) in [5.74, 6) is 1.88. The summed E-state index contributed by atoms with van der Waals surface area (Å²) in [4.78, 5) is 9.69. The second-order valence-electron chi connectivity index (χ2n) is 6.71. The predicted octanol–water partition coefficient (Wildman–Crippen LogP) is 2.59. The summed E-state index contributed by atoms with van der Waals surface area (Å²) in [6.45, 7) is 13.6. The largest absolute Gasteiger partial charge is 0.496 e. The Morgan fingerprint density at radius 3 is 2.74 bits per heavy atom. The van der Waals surface area contributed by atoms with Crippen molar-refractivity contribution in [1.82, 2.24) is 15.1 Å². The minimum atomic E-state index is 0.545. The molecule has 1 heterocycles. The topological polar surface area (TPSA) is 49.3 Å². The summed E-state index contributed by atoms with van der Waals surface area (Å²) in [6, 6.07) is 8.59. The highest BCUT2D eigenvalue weighted by molar-refractivity contribution is 5.80. The average molecular weight is 377 g/mol. The number of nitrogens with zero attached hydrogens (tertiary/aromatic N) is 3. The van der Waals surface area contributed by atoms with Crippen LogP contribution in [0.25, 0.3) is 0 Å². The van der Waals surface area contributed by atoms with Crippen LogP contribution < -0.4 is 10.1 Å². The molecule has 0 bridgehead atoms. The van der Waals surface area contributed by atoms with Crippen molar-refractivity contribution in [2.45, 2.75) is 39.8 Å². The molecule has 0 aromatic heterocycles. The summed E-state index contributed by atoms with van der Waals surface area (Å²) in [5.41, 5.74) is 1.07. The van der Waals surface area contributed by atoms with Gasteiger partial charge in [-0.1, -0.05) is 32.0 Å².